The number of aromatic nitrogens is 4. The van der Waals surface area contributed by atoms with Crippen molar-refractivity contribution in [3.05, 3.63) is 41.2 Å². The van der Waals surface area contributed by atoms with E-state index in [-0.39, 0.29) is 5.41 Å². The summed E-state index contributed by atoms with van der Waals surface area (Å²) >= 11 is 0. The van der Waals surface area contributed by atoms with Crippen molar-refractivity contribution in [1.82, 2.24) is 24.6 Å². The van der Waals surface area contributed by atoms with Crippen molar-refractivity contribution in [1.29, 1.82) is 0 Å². The van der Waals surface area contributed by atoms with E-state index >= 15 is 0 Å². The second kappa shape index (κ2) is 5.22. The molecule has 0 unspecified atom stereocenters. The first-order valence-electron chi connectivity index (χ1n) is 7.48. The zero-order chi connectivity index (χ0) is 15.0. The zero-order valence-electron chi connectivity index (χ0n) is 13.3. The van der Waals surface area contributed by atoms with Crippen LogP contribution in [-0.4, -0.2) is 31.2 Å². The van der Waals surface area contributed by atoms with Gasteiger partial charge in [-0.05, 0) is 6.07 Å². The summed E-state index contributed by atoms with van der Waals surface area (Å²) in [6, 6.07) is 2.08. The minimum absolute atomic E-state index is 0.0140. The van der Waals surface area contributed by atoms with Crippen molar-refractivity contribution in [2.75, 3.05) is 6.54 Å². The number of hydrogen-bond donors (Lipinski definition) is 0. The maximum atomic E-state index is 4.77. The van der Waals surface area contributed by atoms with Gasteiger partial charge in [0.15, 0.2) is 0 Å². The molecule has 21 heavy (non-hydrogen) atoms. The summed E-state index contributed by atoms with van der Waals surface area (Å²) in [7, 11) is 1.96. The molecule has 0 amide bonds. The second-order valence-electron chi connectivity index (χ2n) is 6.86. The Morgan fingerprint density at radius 3 is 2.76 bits per heavy atom. The molecule has 0 aliphatic carbocycles. The molecular formula is C16H23N5. The van der Waals surface area contributed by atoms with Crippen LogP contribution in [-0.2, 0) is 32.0 Å². The molecule has 5 heteroatoms. The average Bonchev–Trinajstić information content (AvgIpc) is 2.82. The number of aryl methyl sites for hydroxylation is 1. The molecule has 2 aromatic rings. The lowest BCUT2D eigenvalue weighted by atomic mass is 9.95. The Kier molecular flexibility index (Phi) is 3.53. The lowest BCUT2D eigenvalue weighted by molar-refractivity contribution is 0.238. The normalized spacial score (nSPS) is 16.0. The Balaban J connectivity index is 1.74. The van der Waals surface area contributed by atoms with Crippen molar-refractivity contribution >= 4 is 0 Å². The van der Waals surface area contributed by atoms with Crippen LogP contribution < -0.4 is 0 Å². The molecule has 0 N–H and O–H groups in total. The van der Waals surface area contributed by atoms with Crippen LogP contribution in [0.3, 0.4) is 0 Å². The molecule has 0 aromatic carbocycles. The topological polar surface area (TPSA) is 46.8 Å². The maximum absolute atomic E-state index is 4.77. The van der Waals surface area contributed by atoms with Gasteiger partial charge in [-0.1, -0.05) is 20.8 Å². The number of hydrogen-bond acceptors (Lipinski definition) is 4. The molecule has 0 atom stereocenters. The van der Waals surface area contributed by atoms with Crippen LogP contribution in [0.1, 0.15) is 43.5 Å². The molecule has 2 aromatic heterocycles. The zero-order valence-corrected chi connectivity index (χ0v) is 13.3. The highest BCUT2D eigenvalue weighted by molar-refractivity contribution is 5.22. The Morgan fingerprint density at radius 1 is 1.29 bits per heavy atom. The van der Waals surface area contributed by atoms with Crippen LogP contribution in [0.2, 0.25) is 0 Å². The van der Waals surface area contributed by atoms with Crippen LogP contribution in [0.15, 0.2) is 18.5 Å². The molecular weight excluding hydrogens is 262 g/mol. The van der Waals surface area contributed by atoms with E-state index < -0.39 is 0 Å². The average molecular weight is 285 g/mol. The molecule has 1 aliphatic heterocycles. The Morgan fingerprint density at radius 2 is 2.10 bits per heavy atom. The third kappa shape index (κ3) is 3.13. The van der Waals surface area contributed by atoms with Crippen LogP contribution in [0.25, 0.3) is 0 Å². The highest BCUT2D eigenvalue weighted by atomic mass is 15.3. The summed E-state index contributed by atoms with van der Waals surface area (Å²) in [4.78, 5) is 11.7. The van der Waals surface area contributed by atoms with E-state index in [2.05, 4.69) is 41.8 Å². The van der Waals surface area contributed by atoms with Gasteiger partial charge in [0, 0.05) is 62.2 Å². The van der Waals surface area contributed by atoms with Crippen molar-refractivity contribution in [3.8, 4) is 0 Å². The molecule has 0 saturated carbocycles. The van der Waals surface area contributed by atoms with Gasteiger partial charge in [-0.3, -0.25) is 9.58 Å². The predicted molar refractivity (Wildman–Crippen MR) is 81.8 cm³/mol. The summed E-state index contributed by atoms with van der Waals surface area (Å²) in [5.74, 6) is 0.944. The molecule has 0 radical (unpaired) electrons. The van der Waals surface area contributed by atoms with E-state index in [0.29, 0.717) is 0 Å². The van der Waals surface area contributed by atoms with Gasteiger partial charge in [0.2, 0.25) is 0 Å². The van der Waals surface area contributed by atoms with E-state index in [9.17, 15) is 0 Å². The van der Waals surface area contributed by atoms with E-state index in [1.807, 2.05) is 24.1 Å². The van der Waals surface area contributed by atoms with E-state index in [1.165, 1.54) is 11.3 Å². The van der Waals surface area contributed by atoms with Crippen LogP contribution >= 0.6 is 0 Å². The van der Waals surface area contributed by atoms with E-state index in [0.717, 1.165) is 37.6 Å². The third-order valence-corrected chi connectivity index (χ3v) is 3.84. The minimum Gasteiger partial charge on any atom is -0.293 e. The quantitative estimate of drug-likeness (QED) is 0.847. The van der Waals surface area contributed by atoms with Gasteiger partial charge in [0.1, 0.15) is 5.82 Å². The molecule has 112 valence electrons. The van der Waals surface area contributed by atoms with Crippen LogP contribution in [0.5, 0.6) is 0 Å². The molecule has 0 fully saturated rings. The van der Waals surface area contributed by atoms with Gasteiger partial charge in [0.05, 0.1) is 5.69 Å². The SMILES string of the molecule is Cn1ccc(CN2CCc3nc(C(C)(C)C)ncc3C2)n1. The van der Waals surface area contributed by atoms with E-state index in [4.69, 9.17) is 4.98 Å². The lowest BCUT2D eigenvalue weighted by Crippen LogP contribution is -2.32. The number of rotatable bonds is 2. The van der Waals surface area contributed by atoms with E-state index in [1.54, 1.807) is 0 Å². The summed E-state index contributed by atoms with van der Waals surface area (Å²) in [6.45, 7) is 9.31. The van der Waals surface area contributed by atoms with Gasteiger partial charge in [-0.25, -0.2) is 9.97 Å². The monoisotopic (exact) mass is 285 g/mol. The highest BCUT2D eigenvalue weighted by Gasteiger charge is 2.23. The summed E-state index contributed by atoms with van der Waals surface area (Å²) in [5, 5.41) is 4.45. The first-order valence-corrected chi connectivity index (χ1v) is 7.48. The summed E-state index contributed by atoms with van der Waals surface area (Å²) < 4.78 is 1.85. The van der Waals surface area contributed by atoms with Gasteiger partial charge in [-0.15, -0.1) is 0 Å². The molecule has 5 nitrogen and oxygen atoms in total. The minimum atomic E-state index is 0.0140. The van der Waals surface area contributed by atoms with Crippen molar-refractivity contribution in [2.45, 2.75) is 45.7 Å². The van der Waals surface area contributed by atoms with Gasteiger partial charge < -0.3 is 0 Å². The fourth-order valence-electron chi connectivity index (χ4n) is 2.65. The molecule has 0 bridgehead atoms. The molecule has 1 aliphatic rings. The number of nitrogens with zero attached hydrogens (tertiary/aromatic N) is 5. The Labute approximate surface area is 126 Å². The first kappa shape index (κ1) is 14.2. The largest absolute Gasteiger partial charge is 0.293 e. The smallest absolute Gasteiger partial charge is 0.133 e. The van der Waals surface area contributed by atoms with Gasteiger partial charge in [-0.2, -0.15) is 5.10 Å². The van der Waals surface area contributed by atoms with Crippen molar-refractivity contribution < 1.29 is 0 Å². The van der Waals surface area contributed by atoms with Crippen LogP contribution in [0.4, 0.5) is 0 Å². The first-order chi connectivity index (χ1) is 9.91. The highest BCUT2D eigenvalue weighted by Crippen LogP contribution is 2.23. The predicted octanol–water partition coefficient (Wildman–Crippen LogP) is 2.07. The summed E-state index contributed by atoms with van der Waals surface area (Å²) in [6.07, 6.45) is 4.99. The lowest BCUT2D eigenvalue weighted by Gasteiger charge is -2.28. The van der Waals surface area contributed by atoms with Crippen LogP contribution in [0, 0.1) is 0 Å². The second-order valence-corrected chi connectivity index (χ2v) is 6.86. The number of fused-ring (bicyclic) bond motifs is 1. The molecule has 0 spiro atoms. The third-order valence-electron chi connectivity index (χ3n) is 3.84. The molecule has 0 saturated heterocycles. The fraction of sp³-hybridized carbons (Fsp3) is 0.562. The maximum Gasteiger partial charge on any atom is 0.133 e. The molecule has 3 rings (SSSR count). The van der Waals surface area contributed by atoms with Gasteiger partial charge >= 0.3 is 0 Å². The Bertz CT molecular complexity index is 638. The molecule has 3 heterocycles. The summed E-state index contributed by atoms with van der Waals surface area (Å²) in [5.41, 5.74) is 3.60. The van der Waals surface area contributed by atoms with Crippen molar-refractivity contribution in [2.24, 2.45) is 7.05 Å². The Hall–Kier alpha value is -1.75. The van der Waals surface area contributed by atoms with Crippen molar-refractivity contribution in [3.63, 3.8) is 0 Å². The fourth-order valence-corrected chi connectivity index (χ4v) is 2.65. The standard InChI is InChI=1S/C16H23N5/c1-16(2,3)15-17-9-12-10-21(8-6-14(12)18-15)11-13-5-7-20(4)19-13/h5,7,9H,6,8,10-11H2,1-4H3. The van der Waals surface area contributed by atoms with Gasteiger partial charge in [0.25, 0.3) is 0 Å².